The standard InChI is InChI=1S/C22H38O2/c1-3-5-6-7-8-9-10-11-12-13-14-15-16-17-18-19-20-21-22(23)24-4-2/h20-21H,3-17H2,1-2H3/b21-20+. The molecule has 0 unspecified atom stereocenters. The van der Waals surface area contributed by atoms with Crippen molar-refractivity contribution in [2.45, 2.75) is 104 Å². The second-order valence-electron chi connectivity index (χ2n) is 6.40. The van der Waals surface area contributed by atoms with Crippen molar-refractivity contribution >= 4 is 5.97 Å². The van der Waals surface area contributed by atoms with Gasteiger partial charge in [0.25, 0.3) is 0 Å². The molecule has 0 saturated carbocycles. The lowest BCUT2D eigenvalue weighted by atomic mass is 10.0. The zero-order valence-corrected chi connectivity index (χ0v) is 16.1. The van der Waals surface area contributed by atoms with E-state index in [1.165, 1.54) is 83.1 Å². The highest BCUT2D eigenvalue weighted by Crippen LogP contribution is 2.12. The summed E-state index contributed by atoms with van der Waals surface area (Å²) in [5.41, 5.74) is 0. The van der Waals surface area contributed by atoms with Crippen molar-refractivity contribution < 1.29 is 9.53 Å². The lowest BCUT2D eigenvalue weighted by Gasteiger charge is -2.02. The summed E-state index contributed by atoms with van der Waals surface area (Å²) in [5, 5.41) is 0. The maximum absolute atomic E-state index is 11.0. The number of carbonyl (C=O) groups excluding carboxylic acids is 1. The number of ether oxygens (including phenoxy) is 1. The van der Waals surface area contributed by atoms with E-state index < -0.39 is 0 Å². The number of rotatable bonds is 15. The van der Waals surface area contributed by atoms with E-state index in [-0.39, 0.29) is 5.97 Å². The highest BCUT2D eigenvalue weighted by Gasteiger charge is 1.93. The van der Waals surface area contributed by atoms with Crippen LogP contribution in [0, 0.1) is 11.8 Å². The smallest absolute Gasteiger partial charge is 0.331 e. The van der Waals surface area contributed by atoms with Gasteiger partial charge in [0.2, 0.25) is 0 Å². The molecule has 0 rings (SSSR count). The largest absolute Gasteiger partial charge is 0.463 e. The van der Waals surface area contributed by atoms with Gasteiger partial charge in [-0.05, 0) is 19.4 Å². The van der Waals surface area contributed by atoms with Crippen LogP contribution in [0.4, 0.5) is 0 Å². The van der Waals surface area contributed by atoms with Gasteiger partial charge in [-0.3, -0.25) is 0 Å². The molecule has 0 saturated heterocycles. The van der Waals surface area contributed by atoms with Gasteiger partial charge in [0.1, 0.15) is 0 Å². The lowest BCUT2D eigenvalue weighted by Crippen LogP contribution is -1.98. The van der Waals surface area contributed by atoms with Crippen molar-refractivity contribution in [2.24, 2.45) is 0 Å². The molecule has 0 fully saturated rings. The van der Waals surface area contributed by atoms with Crippen LogP contribution in [0.3, 0.4) is 0 Å². The Labute approximate surface area is 150 Å². The van der Waals surface area contributed by atoms with Crippen LogP contribution in [-0.4, -0.2) is 12.6 Å². The summed E-state index contributed by atoms with van der Waals surface area (Å²) in [6.45, 7) is 4.48. The third kappa shape index (κ3) is 18.8. The Balaban J connectivity index is 3.22. The van der Waals surface area contributed by atoms with Crippen LogP contribution in [0.15, 0.2) is 12.2 Å². The van der Waals surface area contributed by atoms with Gasteiger partial charge >= 0.3 is 5.97 Å². The zero-order valence-electron chi connectivity index (χ0n) is 16.1. The fourth-order valence-corrected chi connectivity index (χ4v) is 2.66. The van der Waals surface area contributed by atoms with Crippen molar-refractivity contribution in [1.29, 1.82) is 0 Å². The second-order valence-corrected chi connectivity index (χ2v) is 6.40. The first-order valence-corrected chi connectivity index (χ1v) is 10.1. The van der Waals surface area contributed by atoms with Crippen molar-refractivity contribution in [3.05, 3.63) is 12.2 Å². The van der Waals surface area contributed by atoms with Crippen LogP contribution in [-0.2, 0) is 9.53 Å². The van der Waals surface area contributed by atoms with Gasteiger partial charge in [-0.2, -0.15) is 0 Å². The van der Waals surface area contributed by atoms with Gasteiger partial charge < -0.3 is 4.74 Å². The summed E-state index contributed by atoms with van der Waals surface area (Å²) >= 11 is 0. The molecule has 0 aromatic heterocycles. The van der Waals surface area contributed by atoms with E-state index in [2.05, 4.69) is 18.8 Å². The summed E-state index contributed by atoms with van der Waals surface area (Å²) < 4.78 is 4.78. The first kappa shape index (κ1) is 22.8. The van der Waals surface area contributed by atoms with E-state index in [0.717, 1.165) is 12.8 Å². The lowest BCUT2D eigenvalue weighted by molar-refractivity contribution is -0.137. The second kappa shape index (κ2) is 19.8. The summed E-state index contributed by atoms with van der Waals surface area (Å²) in [6.07, 6.45) is 21.7. The average molecular weight is 335 g/mol. The number of hydrogen-bond acceptors (Lipinski definition) is 2. The molecule has 0 amide bonds. The molecule has 0 aliphatic heterocycles. The topological polar surface area (TPSA) is 26.3 Å². The van der Waals surface area contributed by atoms with E-state index in [1.807, 2.05) is 0 Å². The van der Waals surface area contributed by atoms with Gasteiger partial charge in [-0.15, -0.1) is 0 Å². The molecule has 0 bridgehead atoms. The van der Waals surface area contributed by atoms with Gasteiger partial charge in [0.05, 0.1) is 6.61 Å². The van der Waals surface area contributed by atoms with Crippen LogP contribution in [0.25, 0.3) is 0 Å². The molecule has 0 N–H and O–H groups in total. The molecule has 0 radical (unpaired) electrons. The number of allylic oxidation sites excluding steroid dienone is 1. The van der Waals surface area contributed by atoms with E-state index in [9.17, 15) is 4.79 Å². The van der Waals surface area contributed by atoms with Crippen LogP contribution in [0.2, 0.25) is 0 Å². The maximum atomic E-state index is 11.0. The first-order chi connectivity index (χ1) is 11.8. The highest BCUT2D eigenvalue weighted by atomic mass is 16.5. The molecule has 0 spiro atoms. The number of carbonyl (C=O) groups is 1. The fraction of sp³-hybridized carbons (Fsp3) is 0.773. The Hall–Kier alpha value is -1.23. The summed E-state index contributed by atoms with van der Waals surface area (Å²) in [6, 6.07) is 0. The van der Waals surface area contributed by atoms with E-state index in [4.69, 9.17) is 4.74 Å². The summed E-state index contributed by atoms with van der Waals surface area (Å²) in [4.78, 5) is 11.0. The van der Waals surface area contributed by atoms with Crippen LogP contribution in [0.1, 0.15) is 104 Å². The fourth-order valence-electron chi connectivity index (χ4n) is 2.66. The monoisotopic (exact) mass is 334 g/mol. The van der Waals surface area contributed by atoms with Crippen LogP contribution >= 0.6 is 0 Å². The molecule has 138 valence electrons. The van der Waals surface area contributed by atoms with E-state index in [0.29, 0.717) is 6.61 Å². The van der Waals surface area contributed by atoms with Crippen molar-refractivity contribution in [3.63, 3.8) is 0 Å². The minimum Gasteiger partial charge on any atom is -0.463 e. The molecule has 0 aromatic carbocycles. The number of hydrogen-bond donors (Lipinski definition) is 0. The molecule has 24 heavy (non-hydrogen) atoms. The number of unbranched alkanes of at least 4 members (excludes halogenated alkanes) is 13. The summed E-state index contributed by atoms with van der Waals surface area (Å²) in [5.74, 6) is 5.65. The predicted molar refractivity (Wildman–Crippen MR) is 104 cm³/mol. The van der Waals surface area contributed by atoms with Gasteiger partial charge in [0.15, 0.2) is 0 Å². The van der Waals surface area contributed by atoms with Gasteiger partial charge in [-0.1, -0.05) is 95.8 Å². The Morgan fingerprint density at radius 3 is 1.79 bits per heavy atom. The quantitative estimate of drug-likeness (QED) is 0.146. The highest BCUT2D eigenvalue weighted by molar-refractivity contribution is 5.82. The summed E-state index contributed by atoms with van der Waals surface area (Å²) in [7, 11) is 0. The molecule has 2 nitrogen and oxygen atoms in total. The first-order valence-electron chi connectivity index (χ1n) is 10.1. The van der Waals surface area contributed by atoms with Crippen molar-refractivity contribution in [1.82, 2.24) is 0 Å². The molecule has 0 aliphatic carbocycles. The minimum atomic E-state index is -0.312. The van der Waals surface area contributed by atoms with Gasteiger partial charge in [0, 0.05) is 12.5 Å². The SMILES string of the molecule is CCCCCCCCCCCCCCCC#C/C=C/C(=O)OCC. The van der Waals surface area contributed by atoms with Gasteiger partial charge in [-0.25, -0.2) is 4.79 Å². The predicted octanol–water partition coefficient (Wildman–Crippen LogP) is 6.59. The molecular formula is C22H38O2. The Morgan fingerprint density at radius 2 is 1.29 bits per heavy atom. The molecule has 0 aromatic rings. The minimum absolute atomic E-state index is 0.312. The molecule has 2 heteroatoms. The van der Waals surface area contributed by atoms with E-state index in [1.54, 1.807) is 13.0 Å². The Kier molecular flexibility index (Phi) is 18.8. The van der Waals surface area contributed by atoms with E-state index >= 15 is 0 Å². The molecular weight excluding hydrogens is 296 g/mol. The molecule has 0 aliphatic rings. The van der Waals surface area contributed by atoms with Crippen molar-refractivity contribution in [2.75, 3.05) is 6.61 Å². The van der Waals surface area contributed by atoms with Crippen LogP contribution in [0.5, 0.6) is 0 Å². The zero-order chi connectivity index (χ0) is 17.7. The molecule has 0 heterocycles. The third-order valence-corrected chi connectivity index (χ3v) is 4.10. The molecule has 0 atom stereocenters. The van der Waals surface area contributed by atoms with Crippen molar-refractivity contribution in [3.8, 4) is 11.8 Å². The number of esters is 1. The van der Waals surface area contributed by atoms with Crippen LogP contribution < -0.4 is 0 Å². The Morgan fingerprint density at radius 1 is 0.792 bits per heavy atom. The third-order valence-electron chi connectivity index (χ3n) is 4.10. The normalized spacial score (nSPS) is 10.6. The average Bonchev–Trinajstić information content (AvgIpc) is 2.58. The maximum Gasteiger partial charge on any atom is 0.331 e. The Bertz CT molecular complexity index is 360.